The van der Waals surface area contributed by atoms with E-state index in [4.69, 9.17) is 5.73 Å². The molecule has 8 nitrogen and oxygen atoms in total. The minimum absolute atomic E-state index is 0. The Bertz CT molecular complexity index is 878. The predicted molar refractivity (Wildman–Crippen MR) is 108 cm³/mol. The third kappa shape index (κ3) is 5.05. The van der Waals surface area contributed by atoms with Crippen LogP contribution in [0.5, 0.6) is 0 Å². The van der Waals surface area contributed by atoms with E-state index in [-0.39, 0.29) is 35.7 Å². The molecule has 152 valence electrons. The van der Waals surface area contributed by atoms with Gasteiger partial charge in [-0.15, -0.1) is 12.4 Å². The molecule has 1 aliphatic rings. The zero-order valence-corrected chi connectivity index (χ0v) is 17.0. The zero-order chi connectivity index (χ0) is 19.3. The summed E-state index contributed by atoms with van der Waals surface area (Å²) in [5.74, 6) is -0.0622. The molecule has 0 radical (unpaired) electrons. The molecule has 10 heteroatoms. The number of piperidine rings is 1. The number of hydrogen-bond acceptors (Lipinski definition) is 6. The van der Waals surface area contributed by atoms with Gasteiger partial charge < -0.3 is 11.1 Å². The molecular formula is C18H24ClN5O3S. The number of benzene rings is 1. The number of rotatable bonds is 6. The molecule has 0 spiro atoms. The maximum atomic E-state index is 12.9. The molecule has 0 aliphatic carbocycles. The summed E-state index contributed by atoms with van der Waals surface area (Å²) in [4.78, 5) is 20.6. The van der Waals surface area contributed by atoms with Gasteiger partial charge >= 0.3 is 0 Å². The van der Waals surface area contributed by atoms with Gasteiger partial charge in [-0.3, -0.25) is 4.79 Å². The number of amides is 1. The van der Waals surface area contributed by atoms with E-state index in [1.807, 2.05) is 30.3 Å². The highest BCUT2D eigenvalue weighted by Crippen LogP contribution is 2.24. The SMILES string of the molecule is Cl.NCCNC(=O)C1CCCN(S(=O)(=O)c2cnc(-c3ccccc3)nc2)C1. The van der Waals surface area contributed by atoms with Gasteiger partial charge in [-0.2, -0.15) is 4.31 Å². The summed E-state index contributed by atoms with van der Waals surface area (Å²) in [5, 5.41) is 2.73. The molecule has 2 aromatic rings. The summed E-state index contributed by atoms with van der Waals surface area (Å²) in [6.07, 6.45) is 3.93. The molecular weight excluding hydrogens is 402 g/mol. The second-order valence-electron chi connectivity index (χ2n) is 6.39. The molecule has 0 bridgehead atoms. The maximum Gasteiger partial charge on any atom is 0.246 e. The summed E-state index contributed by atoms with van der Waals surface area (Å²) in [7, 11) is -3.74. The number of nitrogens with one attached hydrogen (secondary N) is 1. The van der Waals surface area contributed by atoms with Crippen LogP contribution in [0.15, 0.2) is 47.6 Å². The fraction of sp³-hybridized carbons (Fsp3) is 0.389. The lowest BCUT2D eigenvalue weighted by molar-refractivity contribution is -0.126. The second kappa shape index (κ2) is 9.92. The van der Waals surface area contributed by atoms with E-state index in [1.165, 1.54) is 16.7 Å². The van der Waals surface area contributed by atoms with E-state index in [2.05, 4.69) is 15.3 Å². The van der Waals surface area contributed by atoms with E-state index < -0.39 is 10.0 Å². The van der Waals surface area contributed by atoms with Crippen molar-refractivity contribution in [2.24, 2.45) is 11.7 Å². The summed E-state index contributed by atoms with van der Waals surface area (Å²) in [5.41, 5.74) is 6.21. The van der Waals surface area contributed by atoms with Crippen LogP contribution in [-0.4, -0.2) is 54.8 Å². The molecule has 1 aliphatic heterocycles. The Morgan fingerprint density at radius 3 is 2.54 bits per heavy atom. The molecule has 1 fully saturated rings. The predicted octanol–water partition coefficient (Wildman–Crippen LogP) is 1.04. The van der Waals surface area contributed by atoms with Crippen molar-refractivity contribution in [2.45, 2.75) is 17.7 Å². The molecule has 0 saturated carbocycles. The van der Waals surface area contributed by atoms with Crippen LogP contribution in [0.2, 0.25) is 0 Å². The quantitative estimate of drug-likeness (QED) is 0.713. The number of hydrogen-bond donors (Lipinski definition) is 2. The first-order valence-electron chi connectivity index (χ1n) is 8.88. The van der Waals surface area contributed by atoms with Crippen LogP contribution in [-0.2, 0) is 14.8 Å². The monoisotopic (exact) mass is 425 g/mol. The van der Waals surface area contributed by atoms with E-state index in [1.54, 1.807) is 0 Å². The van der Waals surface area contributed by atoms with E-state index in [9.17, 15) is 13.2 Å². The Hall–Kier alpha value is -2.07. The average molecular weight is 426 g/mol. The Labute approximate surface area is 171 Å². The minimum atomic E-state index is -3.74. The van der Waals surface area contributed by atoms with Crippen LogP contribution in [0.4, 0.5) is 0 Å². The van der Waals surface area contributed by atoms with Crippen molar-refractivity contribution in [3.05, 3.63) is 42.7 Å². The van der Waals surface area contributed by atoms with Crippen molar-refractivity contribution >= 4 is 28.3 Å². The lowest BCUT2D eigenvalue weighted by atomic mass is 9.99. The van der Waals surface area contributed by atoms with Crippen molar-refractivity contribution in [3.8, 4) is 11.4 Å². The van der Waals surface area contributed by atoms with Gasteiger partial charge in [0.2, 0.25) is 15.9 Å². The highest BCUT2D eigenvalue weighted by molar-refractivity contribution is 7.89. The highest BCUT2D eigenvalue weighted by Gasteiger charge is 2.33. The maximum absolute atomic E-state index is 12.9. The van der Waals surface area contributed by atoms with Gasteiger partial charge in [0, 0.05) is 31.7 Å². The number of aromatic nitrogens is 2. The third-order valence-corrected chi connectivity index (χ3v) is 6.31. The van der Waals surface area contributed by atoms with Crippen LogP contribution >= 0.6 is 12.4 Å². The molecule has 1 amide bonds. The molecule has 1 saturated heterocycles. The van der Waals surface area contributed by atoms with Crippen LogP contribution in [0, 0.1) is 5.92 Å². The van der Waals surface area contributed by atoms with Crippen LogP contribution in [0.3, 0.4) is 0 Å². The minimum Gasteiger partial charge on any atom is -0.355 e. The van der Waals surface area contributed by atoms with Crippen LogP contribution in [0.1, 0.15) is 12.8 Å². The molecule has 2 heterocycles. The molecule has 1 aromatic carbocycles. The summed E-state index contributed by atoms with van der Waals surface area (Å²) >= 11 is 0. The van der Waals surface area contributed by atoms with Crippen molar-refractivity contribution < 1.29 is 13.2 Å². The van der Waals surface area contributed by atoms with E-state index in [0.29, 0.717) is 38.3 Å². The Kier molecular flexibility index (Phi) is 7.88. The normalized spacial score (nSPS) is 17.5. The summed E-state index contributed by atoms with van der Waals surface area (Å²) in [6.45, 7) is 1.27. The van der Waals surface area contributed by atoms with Crippen molar-refractivity contribution in [1.29, 1.82) is 0 Å². The second-order valence-corrected chi connectivity index (χ2v) is 8.33. The van der Waals surface area contributed by atoms with Gasteiger partial charge in [-0.05, 0) is 12.8 Å². The number of nitrogens with zero attached hydrogens (tertiary/aromatic N) is 3. The lowest BCUT2D eigenvalue weighted by Gasteiger charge is -2.31. The number of sulfonamides is 1. The molecule has 1 aromatic heterocycles. The first-order chi connectivity index (χ1) is 13.0. The van der Waals surface area contributed by atoms with Gasteiger partial charge in [0.15, 0.2) is 5.82 Å². The van der Waals surface area contributed by atoms with Crippen molar-refractivity contribution in [3.63, 3.8) is 0 Å². The molecule has 3 N–H and O–H groups in total. The van der Waals surface area contributed by atoms with Gasteiger partial charge in [0.1, 0.15) is 4.90 Å². The summed E-state index contributed by atoms with van der Waals surface area (Å²) < 4.78 is 27.2. The third-order valence-electron chi connectivity index (χ3n) is 4.50. The largest absolute Gasteiger partial charge is 0.355 e. The number of halogens is 1. The van der Waals surface area contributed by atoms with E-state index in [0.717, 1.165) is 5.56 Å². The number of carbonyl (C=O) groups excluding carboxylic acids is 1. The Balaban J connectivity index is 0.00000280. The highest BCUT2D eigenvalue weighted by atomic mass is 35.5. The van der Waals surface area contributed by atoms with E-state index >= 15 is 0 Å². The Morgan fingerprint density at radius 2 is 1.89 bits per heavy atom. The van der Waals surface area contributed by atoms with Gasteiger partial charge in [-0.25, -0.2) is 18.4 Å². The first-order valence-corrected chi connectivity index (χ1v) is 10.3. The number of nitrogens with two attached hydrogens (primary N) is 1. The number of carbonyl (C=O) groups is 1. The van der Waals surface area contributed by atoms with Gasteiger partial charge in [0.05, 0.1) is 18.3 Å². The van der Waals surface area contributed by atoms with Crippen molar-refractivity contribution in [2.75, 3.05) is 26.2 Å². The topological polar surface area (TPSA) is 118 Å². The fourth-order valence-corrected chi connectivity index (χ4v) is 4.46. The average Bonchev–Trinajstić information content (AvgIpc) is 2.73. The smallest absolute Gasteiger partial charge is 0.246 e. The summed E-state index contributed by atoms with van der Waals surface area (Å²) in [6, 6.07) is 9.34. The van der Waals surface area contributed by atoms with Crippen molar-refractivity contribution in [1.82, 2.24) is 19.6 Å². The molecule has 28 heavy (non-hydrogen) atoms. The Morgan fingerprint density at radius 1 is 1.21 bits per heavy atom. The van der Waals surface area contributed by atoms with Crippen LogP contribution < -0.4 is 11.1 Å². The first kappa shape index (κ1) is 22.2. The van der Waals surface area contributed by atoms with Gasteiger partial charge in [0.25, 0.3) is 0 Å². The van der Waals surface area contributed by atoms with Crippen LogP contribution in [0.25, 0.3) is 11.4 Å². The molecule has 1 atom stereocenters. The van der Waals surface area contributed by atoms with Gasteiger partial charge in [-0.1, -0.05) is 30.3 Å². The standard InChI is InChI=1S/C18H23N5O3S.ClH/c19-8-9-20-18(24)15-7-4-10-23(13-15)27(25,26)16-11-21-17(22-12-16)14-5-2-1-3-6-14;/h1-3,5-6,11-12,15H,4,7-10,13,19H2,(H,20,24);1H. The molecule has 1 unspecified atom stereocenters. The zero-order valence-electron chi connectivity index (χ0n) is 15.3. The lowest BCUT2D eigenvalue weighted by Crippen LogP contribution is -2.46. The molecule has 3 rings (SSSR count). The fourth-order valence-electron chi connectivity index (χ4n) is 3.05.